The van der Waals surface area contributed by atoms with E-state index in [1.165, 1.54) is 51.7 Å². The lowest BCUT2D eigenvalue weighted by Crippen LogP contribution is -2.45. The molecule has 102 valence electrons. The van der Waals surface area contributed by atoms with E-state index in [4.69, 9.17) is 0 Å². The minimum absolute atomic E-state index is 0.731. The molecule has 0 bridgehead atoms. The minimum Gasteiger partial charge on any atom is -0.313 e. The maximum atomic E-state index is 3.63. The van der Waals surface area contributed by atoms with Crippen LogP contribution in [-0.4, -0.2) is 36.6 Å². The molecule has 3 unspecified atom stereocenters. The van der Waals surface area contributed by atoms with Crippen LogP contribution in [0.5, 0.6) is 0 Å². The molecule has 0 aromatic rings. The lowest BCUT2D eigenvalue weighted by Gasteiger charge is -2.34. The summed E-state index contributed by atoms with van der Waals surface area (Å²) in [6.45, 7) is 13.2. The van der Waals surface area contributed by atoms with Gasteiger partial charge >= 0.3 is 0 Å². The third-order valence-corrected chi connectivity index (χ3v) is 4.46. The van der Waals surface area contributed by atoms with Crippen LogP contribution >= 0.6 is 0 Å². The van der Waals surface area contributed by atoms with Crippen LogP contribution < -0.4 is 5.32 Å². The van der Waals surface area contributed by atoms with Crippen molar-refractivity contribution in [2.24, 2.45) is 5.92 Å². The standard InChI is InChI=1S/C15H32N2/c1-5-7-11-17(14(4)13(3)6-2)12-15-9-8-10-16-15/h13-16H,5-12H2,1-4H3. The van der Waals surface area contributed by atoms with Crippen LogP contribution in [0.3, 0.4) is 0 Å². The van der Waals surface area contributed by atoms with Crippen LogP contribution in [0, 0.1) is 5.92 Å². The molecule has 1 aliphatic heterocycles. The topological polar surface area (TPSA) is 15.3 Å². The van der Waals surface area contributed by atoms with Crippen molar-refractivity contribution in [3.8, 4) is 0 Å². The maximum absolute atomic E-state index is 3.63. The van der Waals surface area contributed by atoms with Crippen LogP contribution in [0.15, 0.2) is 0 Å². The van der Waals surface area contributed by atoms with Gasteiger partial charge in [0.2, 0.25) is 0 Å². The first-order valence-electron chi connectivity index (χ1n) is 7.66. The molecular formula is C15H32N2. The summed E-state index contributed by atoms with van der Waals surface area (Å²) in [4.78, 5) is 2.72. The molecule has 2 heteroatoms. The Morgan fingerprint density at radius 3 is 2.59 bits per heavy atom. The van der Waals surface area contributed by atoms with Gasteiger partial charge in [-0.3, -0.25) is 4.90 Å². The Morgan fingerprint density at radius 1 is 1.29 bits per heavy atom. The Hall–Kier alpha value is -0.0800. The largest absolute Gasteiger partial charge is 0.313 e. The Kier molecular flexibility index (Phi) is 7.14. The summed E-state index contributed by atoms with van der Waals surface area (Å²) in [6.07, 6.45) is 6.68. The van der Waals surface area contributed by atoms with Gasteiger partial charge in [0.05, 0.1) is 0 Å². The van der Waals surface area contributed by atoms with Gasteiger partial charge in [-0.25, -0.2) is 0 Å². The zero-order valence-electron chi connectivity index (χ0n) is 12.3. The second-order valence-electron chi connectivity index (χ2n) is 5.77. The molecule has 1 fully saturated rings. The van der Waals surface area contributed by atoms with Crippen molar-refractivity contribution >= 4 is 0 Å². The first kappa shape index (κ1) is 15.0. The highest BCUT2D eigenvalue weighted by Gasteiger charge is 2.23. The predicted molar refractivity (Wildman–Crippen MR) is 76.4 cm³/mol. The van der Waals surface area contributed by atoms with Crippen LogP contribution in [0.4, 0.5) is 0 Å². The van der Waals surface area contributed by atoms with E-state index in [0.29, 0.717) is 0 Å². The molecule has 0 radical (unpaired) electrons. The zero-order valence-corrected chi connectivity index (χ0v) is 12.3. The van der Waals surface area contributed by atoms with Gasteiger partial charge in [-0.05, 0) is 45.2 Å². The van der Waals surface area contributed by atoms with Crippen molar-refractivity contribution < 1.29 is 0 Å². The molecule has 1 saturated heterocycles. The minimum atomic E-state index is 0.731. The average molecular weight is 240 g/mol. The van der Waals surface area contributed by atoms with Crippen LogP contribution in [0.1, 0.15) is 59.8 Å². The molecule has 2 nitrogen and oxygen atoms in total. The van der Waals surface area contributed by atoms with Crippen molar-refractivity contribution in [2.75, 3.05) is 19.6 Å². The summed E-state index contributed by atoms with van der Waals surface area (Å²) in [7, 11) is 0. The molecule has 1 aliphatic rings. The summed E-state index contributed by atoms with van der Waals surface area (Å²) >= 11 is 0. The van der Waals surface area contributed by atoms with Gasteiger partial charge in [-0.2, -0.15) is 0 Å². The monoisotopic (exact) mass is 240 g/mol. The molecule has 0 aliphatic carbocycles. The van der Waals surface area contributed by atoms with E-state index in [9.17, 15) is 0 Å². The molecular weight excluding hydrogens is 208 g/mol. The molecule has 17 heavy (non-hydrogen) atoms. The van der Waals surface area contributed by atoms with Crippen LogP contribution in [-0.2, 0) is 0 Å². The van der Waals surface area contributed by atoms with Gasteiger partial charge < -0.3 is 5.32 Å². The fourth-order valence-corrected chi connectivity index (χ4v) is 2.72. The highest BCUT2D eigenvalue weighted by molar-refractivity contribution is 4.81. The van der Waals surface area contributed by atoms with E-state index in [-0.39, 0.29) is 0 Å². The summed E-state index contributed by atoms with van der Waals surface area (Å²) in [5.41, 5.74) is 0. The van der Waals surface area contributed by atoms with Crippen molar-refractivity contribution in [1.29, 1.82) is 0 Å². The maximum Gasteiger partial charge on any atom is 0.0195 e. The molecule has 0 spiro atoms. The van der Waals surface area contributed by atoms with Gasteiger partial charge in [-0.15, -0.1) is 0 Å². The van der Waals surface area contributed by atoms with Gasteiger partial charge in [-0.1, -0.05) is 33.6 Å². The summed E-state index contributed by atoms with van der Waals surface area (Å²) in [5.74, 6) is 0.813. The molecule has 0 amide bonds. The van der Waals surface area contributed by atoms with E-state index in [1.54, 1.807) is 0 Å². The van der Waals surface area contributed by atoms with Crippen LogP contribution in [0.25, 0.3) is 0 Å². The second-order valence-corrected chi connectivity index (χ2v) is 5.77. The Balaban J connectivity index is 2.45. The van der Waals surface area contributed by atoms with Gasteiger partial charge in [0.1, 0.15) is 0 Å². The fraction of sp³-hybridized carbons (Fsp3) is 1.00. The van der Waals surface area contributed by atoms with E-state index >= 15 is 0 Å². The molecule has 1 heterocycles. The Labute approximate surface area is 108 Å². The molecule has 0 aromatic carbocycles. The number of nitrogens with zero attached hydrogens (tertiary/aromatic N) is 1. The van der Waals surface area contributed by atoms with E-state index < -0.39 is 0 Å². The SMILES string of the molecule is CCCCN(CC1CCCN1)C(C)C(C)CC. The highest BCUT2D eigenvalue weighted by Crippen LogP contribution is 2.17. The quantitative estimate of drug-likeness (QED) is 0.700. The average Bonchev–Trinajstić information content (AvgIpc) is 2.85. The summed E-state index contributed by atoms with van der Waals surface area (Å²) < 4.78 is 0. The summed E-state index contributed by atoms with van der Waals surface area (Å²) in [6, 6.07) is 1.48. The third-order valence-electron chi connectivity index (χ3n) is 4.46. The smallest absolute Gasteiger partial charge is 0.0195 e. The van der Waals surface area contributed by atoms with Crippen molar-refractivity contribution in [3.05, 3.63) is 0 Å². The fourth-order valence-electron chi connectivity index (χ4n) is 2.72. The zero-order chi connectivity index (χ0) is 12.7. The lowest BCUT2D eigenvalue weighted by molar-refractivity contribution is 0.144. The van der Waals surface area contributed by atoms with Crippen molar-refractivity contribution in [2.45, 2.75) is 71.9 Å². The van der Waals surface area contributed by atoms with Crippen molar-refractivity contribution in [1.82, 2.24) is 10.2 Å². The summed E-state index contributed by atoms with van der Waals surface area (Å²) in [5, 5.41) is 3.63. The third kappa shape index (κ3) is 4.97. The normalized spacial score (nSPS) is 24.2. The lowest BCUT2D eigenvalue weighted by atomic mass is 9.98. The van der Waals surface area contributed by atoms with Gasteiger partial charge in [0.15, 0.2) is 0 Å². The molecule has 0 aromatic heterocycles. The van der Waals surface area contributed by atoms with Crippen molar-refractivity contribution in [3.63, 3.8) is 0 Å². The second kappa shape index (κ2) is 8.10. The predicted octanol–water partition coefficient (Wildman–Crippen LogP) is 3.28. The number of nitrogens with one attached hydrogen (secondary N) is 1. The highest BCUT2D eigenvalue weighted by atomic mass is 15.2. The Morgan fingerprint density at radius 2 is 2.06 bits per heavy atom. The number of unbranched alkanes of at least 4 members (excludes halogenated alkanes) is 1. The first-order valence-corrected chi connectivity index (χ1v) is 7.66. The van der Waals surface area contributed by atoms with Gasteiger partial charge in [0, 0.05) is 18.6 Å². The van der Waals surface area contributed by atoms with Gasteiger partial charge in [0.25, 0.3) is 0 Å². The molecule has 0 saturated carbocycles. The molecule has 3 atom stereocenters. The van der Waals surface area contributed by atoms with Crippen LogP contribution in [0.2, 0.25) is 0 Å². The number of hydrogen-bond acceptors (Lipinski definition) is 2. The molecule has 1 N–H and O–H groups in total. The number of rotatable bonds is 8. The van der Waals surface area contributed by atoms with E-state index in [0.717, 1.165) is 18.0 Å². The van der Waals surface area contributed by atoms with E-state index in [2.05, 4.69) is 37.9 Å². The van der Waals surface area contributed by atoms with E-state index in [1.807, 2.05) is 0 Å². The first-order chi connectivity index (χ1) is 8.19. The Bertz CT molecular complexity index is 187. The molecule has 1 rings (SSSR count). The number of hydrogen-bond donors (Lipinski definition) is 1.